The lowest BCUT2D eigenvalue weighted by Crippen LogP contribution is -2.20. The summed E-state index contributed by atoms with van der Waals surface area (Å²) in [6.07, 6.45) is 1.92. The lowest BCUT2D eigenvalue weighted by atomic mass is 9.95. The maximum atomic E-state index is 12.5. The number of nitrogens with one attached hydrogen (secondary N) is 1. The van der Waals surface area contributed by atoms with Gasteiger partial charge in [0.05, 0.1) is 5.92 Å². The minimum atomic E-state index is -0.101. The van der Waals surface area contributed by atoms with Crippen molar-refractivity contribution in [1.29, 1.82) is 0 Å². The zero-order valence-electron chi connectivity index (χ0n) is 13.7. The standard InChI is InChI=1S/C20H25NO/c1-4-15(3)16-11-13-18(14-12-16)21-20(22)19(5-2)17-9-7-6-8-10-17/h6-15,19H,4-5H2,1-3H3,(H,21,22)/t15-,19+/m1/s1. The molecule has 1 amide bonds. The molecular weight excluding hydrogens is 270 g/mol. The van der Waals surface area contributed by atoms with Crippen LogP contribution in [-0.4, -0.2) is 5.91 Å². The summed E-state index contributed by atoms with van der Waals surface area (Å²) in [4.78, 5) is 12.5. The highest BCUT2D eigenvalue weighted by Crippen LogP contribution is 2.23. The Bertz CT molecular complexity index is 589. The Morgan fingerprint density at radius 2 is 1.55 bits per heavy atom. The maximum Gasteiger partial charge on any atom is 0.231 e. The second kappa shape index (κ2) is 7.79. The van der Waals surface area contributed by atoms with Gasteiger partial charge in [0.25, 0.3) is 0 Å². The molecule has 0 saturated carbocycles. The molecule has 2 aromatic rings. The number of hydrogen-bond donors (Lipinski definition) is 1. The predicted octanol–water partition coefficient (Wildman–Crippen LogP) is 5.33. The van der Waals surface area contributed by atoms with Gasteiger partial charge in [-0.05, 0) is 42.0 Å². The molecule has 0 radical (unpaired) electrons. The Morgan fingerprint density at radius 1 is 0.909 bits per heavy atom. The van der Waals surface area contributed by atoms with Crippen LogP contribution in [0.2, 0.25) is 0 Å². The zero-order valence-corrected chi connectivity index (χ0v) is 13.7. The summed E-state index contributed by atoms with van der Waals surface area (Å²) in [7, 11) is 0. The maximum absolute atomic E-state index is 12.5. The van der Waals surface area contributed by atoms with Gasteiger partial charge in [-0.2, -0.15) is 0 Å². The quantitative estimate of drug-likeness (QED) is 0.766. The van der Waals surface area contributed by atoms with Gasteiger partial charge in [-0.15, -0.1) is 0 Å². The van der Waals surface area contributed by atoms with Crippen LogP contribution in [0.3, 0.4) is 0 Å². The van der Waals surface area contributed by atoms with Crippen molar-refractivity contribution < 1.29 is 4.79 Å². The number of anilines is 1. The average molecular weight is 295 g/mol. The first kappa shape index (κ1) is 16.3. The molecule has 1 N–H and O–H groups in total. The third-order valence-corrected chi connectivity index (χ3v) is 4.29. The van der Waals surface area contributed by atoms with Crippen molar-refractivity contribution in [3.63, 3.8) is 0 Å². The summed E-state index contributed by atoms with van der Waals surface area (Å²) < 4.78 is 0. The number of carbonyl (C=O) groups is 1. The average Bonchev–Trinajstić information content (AvgIpc) is 2.56. The van der Waals surface area contributed by atoms with Crippen molar-refractivity contribution in [1.82, 2.24) is 0 Å². The smallest absolute Gasteiger partial charge is 0.231 e. The molecule has 0 aliphatic heterocycles. The molecule has 2 atom stereocenters. The highest BCUT2D eigenvalue weighted by Gasteiger charge is 2.18. The van der Waals surface area contributed by atoms with Crippen LogP contribution in [0.25, 0.3) is 0 Å². The second-order valence-electron chi connectivity index (χ2n) is 5.79. The molecule has 0 saturated heterocycles. The van der Waals surface area contributed by atoms with E-state index < -0.39 is 0 Å². The Balaban J connectivity index is 2.07. The van der Waals surface area contributed by atoms with Gasteiger partial charge in [0.1, 0.15) is 0 Å². The summed E-state index contributed by atoms with van der Waals surface area (Å²) in [6.45, 7) is 6.45. The van der Waals surface area contributed by atoms with E-state index in [1.165, 1.54) is 5.56 Å². The van der Waals surface area contributed by atoms with E-state index in [0.29, 0.717) is 5.92 Å². The molecule has 2 aromatic carbocycles. The summed E-state index contributed by atoms with van der Waals surface area (Å²) in [5.41, 5.74) is 3.25. The first-order chi connectivity index (χ1) is 10.7. The van der Waals surface area contributed by atoms with E-state index >= 15 is 0 Å². The summed E-state index contributed by atoms with van der Waals surface area (Å²) in [6, 6.07) is 18.2. The van der Waals surface area contributed by atoms with Gasteiger partial charge >= 0.3 is 0 Å². The van der Waals surface area contributed by atoms with Gasteiger partial charge in [0, 0.05) is 5.69 Å². The summed E-state index contributed by atoms with van der Waals surface area (Å²) in [5, 5.41) is 3.04. The van der Waals surface area contributed by atoms with Crippen LogP contribution in [0, 0.1) is 0 Å². The largest absolute Gasteiger partial charge is 0.326 e. The molecule has 2 heteroatoms. The van der Waals surface area contributed by atoms with Gasteiger partial charge in [-0.1, -0.05) is 63.2 Å². The van der Waals surface area contributed by atoms with Crippen molar-refractivity contribution in [3.05, 3.63) is 65.7 Å². The van der Waals surface area contributed by atoms with E-state index in [9.17, 15) is 4.79 Å². The molecule has 0 unspecified atom stereocenters. The minimum Gasteiger partial charge on any atom is -0.326 e. The summed E-state index contributed by atoms with van der Waals surface area (Å²) in [5.74, 6) is 0.512. The van der Waals surface area contributed by atoms with Crippen molar-refractivity contribution >= 4 is 11.6 Å². The highest BCUT2D eigenvalue weighted by molar-refractivity contribution is 5.95. The van der Waals surface area contributed by atoms with Crippen LogP contribution < -0.4 is 5.32 Å². The topological polar surface area (TPSA) is 29.1 Å². The Morgan fingerprint density at radius 3 is 2.09 bits per heavy atom. The van der Waals surface area contributed by atoms with E-state index in [4.69, 9.17) is 0 Å². The third-order valence-electron chi connectivity index (χ3n) is 4.29. The number of rotatable bonds is 6. The Labute approximate surface area is 133 Å². The van der Waals surface area contributed by atoms with Crippen molar-refractivity contribution in [3.8, 4) is 0 Å². The van der Waals surface area contributed by atoms with Crippen molar-refractivity contribution in [2.24, 2.45) is 0 Å². The van der Waals surface area contributed by atoms with Gasteiger partial charge in [-0.25, -0.2) is 0 Å². The lowest BCUT2D eigenvalue weighted by Gasteiger charge is -2.16. The monoisotopic (exact) mass is 295 g/mol. The van der Waals surface area contributed by atoms with Crippen LogP contribution in [-0.2, 0) is 4.79 Å². The summed E-state index contributed by atoms with van der Waals surface area (Å²) >= 11 is 0. The number of benzene rings is 2. The first-order valence-corrected chi connectivity index (χ1v) is 8.11. The van der Waals surface area contributed by atoms with Gasteiger partial charge in [-0.3, -0.25) is 4.79 Å². The predicted molar refractivity (Wildman–Crippen MR) is 93.3 cm³/mol. The fourth-order valence-electron chi connectivity index (χ4n) is 2.62. The highest BCUT2D eigenvalue weighted by atomic mass is 16.1. The van der Waals surface area contributed by atoms with Gasteiger partial charge < -0.3 is 5.32 Å². The fraction of sp³-hybridized carbons (Fsp3) is 0.350. The van der Waals surface area contributed by atoms with Crippen LogP contribution in [0.1, 0.15) is 56.6 Å². The fourth-order valence-corrected chi connectivity index (χ4v) is 2.62. The molecular formula is C20H25NO. The number of amides is 1. The molecule has 0 heterocycles. The molecule has 0 bridgehead atoms. The van der Waals surface area contributed by atoms with Crippen LogP contribution in [0.5, 0.6) is 0 Å². The zero-order chi connectivity index (χ0) is 15.9. The molecule has 0 fully saturated rings. The van der Waals surface area contributed by atoms with E-state index in [1.807, 2.05) is 49.4 Å². The molecule has 0 aliphatic rings. The Hall–Kier alpha value is -2.09. The van der Waals surface area contributed by atoms with E-state index in [2.05, 4.69) is 31.3 Å². The molecule has 2 nitrogen and oxygen atoms in total. The second-order valence-corrected chi connectivity index (χ2v) is 5.79. The van der Waals surface area contributed by atoms with Crippen molar-refractivity contribution in [2.45, 2.75) is 45.4 Å². The molecule has 2 rings (SSSR count). The Kier molecular flexibility index (Phi) is 5.76. The molecule has 0 aromatic heterocycles. The molecule has 116 valence electrons. The normalized spacial score (nSPS) is 13.4. The van der Waals surface area contributed by atoms with Gasteiger partial charge in [0.15, 0.2) is 0 Å². The molecule has 0 spiro atoms. The van der Waals surface area contributed by atoms with Crippen molar-refractivity contribution in [2.75, 3.05) is 5.32 Å². The lowest BCUT2D eigenvalue weighted by molar-refractivity contribution is -0.117. The number of hydrogen-bond acceptors (Lipinski definition) is 1. The molecule has 22 heavy (non-hydrogen) atoms. The third kappa shape index (κ3) is 3.97. The van der Waals surface area contributed by atoms with Gasteiger partial charge in [0.2, 0.25) is 5.91 Å². The number of carbonyl (C=O) groups excluding carboxylic acids is 1. The first-order valence-electron chi connectivity index (χ1n) is 8.11. The minimum absolute atomic E-state index is 0.0602. The SMILES string of the molecule is CC[C@@H](C)c1ccc(NC(=O)[C@@H](CC)c2ccccc2)cc1. The van der Waals surface area contributed by atoms with Crippen LogP contribution in [0.15, 0.2) is 54.6 Å². The van der Waals surface area contributed by atoms with E-state index in [1.54, 1.807) is 0 Å². The molecule has 0 aliphatic carbocycles. The van der Waals surface area contributed by atoms with E-state index in [0.717, 1.165) is 24.1 Å². The van der Waals surface area contributed by atoms with E-state index in [-0.39, 0.29) is 11.8 Å². The van der Waals surface area contributed by atoms with Crippen LogP contribution in [0.4, 0.5) is 5.69 Å². The van der Waals surface area contributed by atoms with Crippen LogP contribution >= 0.6 is 0 Å².